The molecule has 7 nitrogen and oxygen atoms in total. The minimum atomic E-state index is -1.75. The molecule has 0 aromatic rings. The van der Waals surface area contributed by atoms with Gasteiger partial charge in [-0.15, -0.1) is 0 Å². The third kappa shape index (κ3) is 258. The average Bonchev–Trinajstić information content (AvgIpc) is 0.811. The summed E-state index contributed by atoms with van der Waals surface area (Å²) < 4.78 is 0. The molecule has 0 aliphatic rings. The largest absolute Gasteiger partial charge is 1.00 e. The molecule has 0 aliphatic heterocycles. The van der Waals surface area contributed by atoms with E-state index in [9.17, 15) is 0 Å². The fourth-order valence-corrected chi connectivity index (χ4v) is 0. The van der Waals surface area contributed by atoms with Crippen molar-refractivity contribution in [1.82, 2.24) is 18.5 Å². The summed E-state index contributed by atoms with van der Waals surface area (Å²) in [7, 11) is 0. The molecule has 0 saturated heterocycles. The highest BCUT2D eigenvalue weighted by Crippen LogP contribution is 1.44. The zero-order chi connectivity index (χ0) is 3.58. The van der Waals surface area contributed by atoms with Crippen LogP contribution in [0.1, 0.15) is 0 Å². The first-order valence-corrected chi connectivity index (χ1v) is 0.548. The number of quaternary nitrogens is 2. The Morgan fingerprint density at radius 2 is 1.12 bits per heavy atom. The van der Waals surface area contributed by atoms with Crippen molar-refractivity contribution in [3.8, 4) is 0 Å². The van der Waals surface area contributed by atoms with Gasteiger partial charge >= 0.3 is 0 Å². The van der Waals surface area contributed by atoms with E-state index in [1.165, 1.54) is 0 Å². The van der Waals surface area contributed by atoms with Crippen molar-refractivity contribution in [2.24, 2.45) is 0 Å². The van der Waals surface area contributed by atoms with Crippen LogP contribution in [0.4, 0.5) is 0 Å². The van der Waals surface area contributed by atoms with E-state index in [0.717, 1.165) is 0 Å². The van der Waals surface area contributed by atoms with Crippen LogP contribution in [0.25, 0.3) is 0 Å². The molecule has 8 heavy (non-hydrogen) atoms. The molecule has 0 aromatic heterocycles. The zero-order valence-corrected chi connectivity index (χ0v) is 5.51. The lowest BCUT2D eigenvalue weighted by Crippen LogP contribution is -3.00. The minimum absolute atomic E-state index is 0. The maximum atomic E-state index is 8.25. The SMILES string of the molecule is N.O=[N+]([O-])[O-].[Cl-].[NH4+].[NH4+]. The fourth-order valence-electron chi connectivity index (χ4n) is 0. The molecule has 0 unspecified atom stereocenters. The Morgan fingerprint density at radius 1 is 1.12 bits per heavy atom. The van der Waals surface area contributed by atoms with Gasteiger partial charge in [0.1, 0.15) is 0 Å². The summed E-state index contributed by atoms with van der Waals surface area (Å²) in [4.78, 5) is 8.25. The summed E-state index contributed by atoms with van der Waals surface area (Å²) in [6, 6.07) is 0. The molecule has 0 amide bonds. The molecule has 8 heteroatoms. The van der Waals surface area contributed by atoms with Gasteiger partial charge in [-0.3, -0.25) is 0 Å². The van der Waals surface area contributed by atoms with Crippen LogP contribution in [-0.2, 0) is 0 Å². The van der Waals surface area contributed by atoms with Crippen molar-refractivity contribution in [1.29, 1.82) is 0 Å². The Balaban J connectivity index is -0.00000000750. The lowest BCUT2D eigenvalue weighted by molar-refractivity contribution is -0.402. The number of hydrogen-bond acceptors (Lipinski definition) is 4. The van der Waals surface area contributed by atoms with Crippen molar-refractivity contribution < 1.29 is 17.5 Å². The zero-order valence-electron chi connectivity index (χ0n) is 4.76. The summed E-state index contributed by atoms with van der Waals surface area (Å²) in [6.07, 6.45) is 0. The standard InChI is InChI=1S/ClH.NO3.3H3N/c;2-1(3)4;;;/h1H;;3*1H3/q;-1;;;/p+1. The summed E-state index contributed by atoms with van der Waals surface area (Å²) in [6.45, 7) is 0. The van der Waals surface area contributed by atoms with Crippen molar-refractivity contribution in [2.75, 3.05) is 0 Å². The third-order valence-corrected chi connectivity index (χ3v) is 0. The van der Waals surface area contributed by atoms with Gasteiger partial charge in [0.2, 0.25) is 0 Å². The van der Waals surface area contributed by atoms with Gasteiger partial charge in [0.05, 0.1) is 5.09 Å². The van der Waals surface area contributed by atoms with Gasteiger partial charge in [-0.25, -0.2) is 0 Å². The van der Waals surface area contributed by atoms with Crippen LogP contribution in [0, 0.1) is 15.3 Å². The highest BCUT2D eigenvalue weighted by atomic mass is 35.5. The highest BCUT2D eigenvalue weighted by Gasteiger charge is 1.45. The molecule has 0 radical (unpaired) electrons. The molecule has 0 bridgehead atoms. The lowest BCUT2D eigenvalue weighted by Gasteiger charge is -1.74. The summed E-state index contributed by atoms with van der Waals surface area (Å²) in [5.74, 6) is 0. The molecule has 0 spiro atoms. The number of rotatable bonds is 0. The van der Waals surface area contributed by atoms with Crippen LogP contribution in [0.2, 0.25) is 0 Å². The predicted octanol–water partition coefficient (Wildman–Crippen LogP) is -2.32. The Labute approximate surface area is 52.3 Å². The molecule has 56 valence electrons. The smallest absolute Gasteiger partial charge is 0.0689 e. The number of hydrogen-bond donors (Lipinski definition) is 3. The van der Waals surface area contributed by atoms with Crippen LogP contribution >= 0.6 is 0 Å². The van der Waals surface area contributed by atoms with Gasteiger partial charge in [-0.1, -0.05) is 0 Å². The summed E-state index contributed by atoms with van der Waals surface area (Å²) in [5.41, 5.74) is 0. The van der Waals surface area contributed by atoms with E-state index >= 15 is 0 Å². The van der Waals surface area contributed by atoms with Crippen LogP contribution < -0.4 is 30.9 Å². The molecule has 0 aliphatic carbocycles. The third-order valence-electron chi connectivity index (χ3n) is 0. The van der Waals surface area contributed by atoms with E-state index in [4.69, 9.17) is 15.3 Å². The Morgan fingerprint density at radius 3 is 1.12 bits per heavy atom. The van der Waals surface area contributed by atoms with E-state index in [0.29, 0.717) is 0 Å². The Bertz CT molecular complexity index is 34.3. The first-order chi connectivity index (χ1) is 1.73. The van der Waals surface area contributed by atoms with E-state index in [1.54, 1.807) is 0 Å². The first kappa shape index (κ1) is 53.2. The normalized spacial score (nSPS) is 3.00. The van der Waals surface area contributed by atoms with Crippen molar-refractivity contribution in [3.05, 3.63) is 15.3 Å². The molecule has 0 fully saturated rings. The van der Waals surface area contributed by atoms with E-state index in [-0.39, 0.29) is 30.9 Å². The number of nitrogens with zero attached hydrogens (tertiary/aromatic N) is 1. The topological polar surface area (TPSA) is 174 Å². The second-order valence-electron chi connectivity index (χ2n) is 0.224. The molecule has 11 N–H and O–H groups in total. The predicted molar refractivity (Wildman–Crippen MR) is 27.4 cm³/mol. The van der Waals surface area contributed by atoms with Gasteiger partial charge in [-0.2, -0.15) is 0 Å². The Kier molecular flexibility index (Phi) is 218. The highest BCUT2D eigenvalue weighted by molar-refractivity contribution is 4.03. The van der Waals surface area contributed by atoms with Gasteiger partial charge < -0.3 is 46.2 Å². The van der Waals surface area contributed by atoms with Crippen LogP contribution in [0.3, 0.4) is 0 Å². The molecular formula is H11ClN4O3. The molecule has 0 aromatic carbocycles. The van der Waals surface area contributed by atoms with Crippen molar-refractivity contribution in [3.63, 3.8) is 0 Å². The minimum Gasteiger partial charge on any atom is -1.00 e. The quantitative estimate of drug-likeness (QED) is 0.260. The second-order valence-corrected chi connectivity index (χ2v) is 0.224. The van der Waals surface area contributed by atoms with Gasteiger partial charge in [0.25, 0.3) is 0 Å². The van der Waals surface area contributed by atoms with Crippen molar-refractivity contribution >= 4 is 0 Å². The first-order valence-electron chi connectivity index (χ1n) is 0.548. The number of halogens is 1. The molecule has 0 saturated carbocycles. The maximum absolute atomic E-state index is 8.25. The summed E-state index contributed by atoms with van der Waals surface area (Å²) >= 11 is 0. The van der Waals surface area contributed by atoms with Crippen LogP contribution in [0.15, 0.2) is 0 Å². The van der Waals surface area contributed by atoms with E-state index < -0.39 is 5.09 Å². The molecule has 0 heterocycles. The van der Waals surface area contributed by atoms with Gasteiger partial charge in [0.15, 0.2) is 0 Å². The lowest BCUT2D eigenvalue weighted by atomic mass is 13.1. The van der Waals surface area contributed by atoms with E-state index in [1.807, 2.05) is 0 Å². The molecule has 0 atom stereocenters. The average molecular weight is 151 g/mol. The van der Waals surface area contributed by atoms with Crippen molar-refractivity contribution in [2.45, 2.75) is 0 Å². The summed E-state index contributed by atoms with van der Waals surface area (Å²) in [5, 5.41) is 14.8. The monoisotopic (exact) mass is 150 g/mol. The Hall–Kier alpha value is -0.630. The molecular weight excluding hydrogens is 139 g/mol. The van der Waals surface area contributed by atoms with Crippen LogP contribution in [-0.4, -0.2) is 5.09 Å². The van der Waals surface area contributed by atoms with E-state index in [2.05, 4.69) is 0 Å². The maximum Gasteiger partial charge on any atom is 0.0689 e. The molecule has 0 rings (SSSR count). The van der Waals surface area contributed by atoms with Gasteiger partial charge in [-0.05, 0) is 0 Å². The fraction of sp³-hybridized carbons (Fsp3) is 0. The van der Waals surface area contributed by atoms with Gasteiger partial charge in [0, 0.05) is 0 Å². The second kappa shape index (κ2) is 32.7. The van der Waals surface area contributed by atoms with Crippen LogP contribution in [0.5, 0.6) is 0 Å².